The van der Waals surface area contributed by atoms with Crippen molar-refractivity contribution in [1.29, 1.82) is 0 Å². The van der Waals surface area contributed by atoms with Gasteiger partial charge in [0, 0.05) is 42.8 Å². The van der Waals surface area contributed by atoms with E-state index in [1.807, 2.05) is 42.6 Å². The first kappa shape index (κ1) is 16.0. The highest BCUT2D eigenvalue weighted by Gasteiger charge is 2.08. The smallest absolute Gasteiger partial charge is 0.157 e. The number of rotatable bonds is 7. The Morgan fingerprint density at radius 1 is 1.00 bits per heavy atom. The molecular weight excluding hydrogens is 304 g/mol. The number of methoxy groups -OCH3 is 2. The first-order valence-corrected chi connectivity index (χ1v) is 7.67. The molecule has 0 radical (unpaired) electrons. The summed E-state index contributed by atoms with van der Waals surface area (Å²) < 4.78 is 12.5. The molecule has 24 heavy (non-hydrogen) atoms. The molecule has 0 amide bonds. The minimum atomic E-state index is 0.661. The Bertz CT molecular complexity index is 787. The van der Waals surface area contributed by atoms with Crippen LogP contribution in [0.25, 0.3) is 5.82 Å². The highest BCUT2D eigenvalue weighted by molar-refractivity contribution is 5.40. The summed E-state index contributed by atoms with van der Waals surface area (Å²) in [4.78, 5) is 4.42. The standard InChI is InChI=1S/C18H20N4O2/c1-23-16-6-7-17(24-2)15(11-16)13-19-12-14-5-3-8-20-18(14)22-10-4-9-21-22/h3-11,19H,12-13H2,1-2H3. The second-order valence-corrected chi connectivity index (χ2v) is 5.22. The van der Waals surface area contributed by atoms with Crippen LogP contribution in [0.5, 0.6) is 11.5 Å². The van der Waals surface area contributed by atoms with Crippen LogP contribution < -0.4 is 14.8 Å². The van der Waals surface area contributed by atoms with Crippen molar-refractivity contribution < 1.29 is 9.47 Å². The maximum Gasteiger partial charge on any atom is 0.157 e. The molecule has 1 aromatic carbocycles. The van der Waals surface area contributed by atoms with E-state index in [9.17, 15) is 0 Å². The van der Waals surface area contributed by atoms with Crippen molar-refractivity contribution in [3.63, 3.8) is 0 Å². The van der Waals surface area contributed by atoms with Crippen LogP contribution in [0.2, 0.25) is 0 Å². The van der Waals surface area contributed by atoms with Crippen molar-refractivity contribution in [2.24, 2.45) is 0 Å². The number of aromatic nitrogens is 3. The summed E-state index contributed by atoms with van der Waals surface area (Å²) in [5, 5.41) is 7.68. The van der Waals surface area contributed by atoms with Crippen molar-refractivity contribution >= 4 is 0 Å². The molecule has 0 aliphatic rings. The summed E-state index contributed by atoms with van der Waals surface area (Å²) in [5.41, 5.74) is 2.12. The van der Waals surface area contributed by atoms with Gasteiger partial charge >= 0.3 is 0 Å². The Kier molecular flexibility index (Phi) is 5.08. The third kappa shape index (κ3) is 3.55. The molecule has 124 valence electrons. The van der Waals surface area contributed by atoms with Crippen molar-refractivity contribution in [3.05, 3.63) is 66.1 Å². The second-order valence-electron chi connectivity index (χ2n) is 5.22. The normalized spacial score (nSPS) is 10.6. The van der Waals surface area contributed by atoms with Gasteiger partial charge in [-0.2, -0.15) is 5.10 Å². The van der Waals surface area contributed by atoms with Crippen molar-refractivity contribution in [3.8, 4) is 17.3 Å². The number of ether oxygens (including phenoxy) is 2. The molecule has 0 fully saturated rings. The molecule has 1 N–H and O–H groups in total. The van der Waals surface area contributed by atoms with Crippen LogP contribution in [0.3, 0.4) is 0 Å². The van der Waals surface area contributed by atoms with Gasteiger partial charge in [-0.15, -0.1) is 0 Å². The molecule has 3 rings (SSSR count). The summed E-state index contributed by atoms with van der Waals surface area (Å²) >= 11 is 0. The molecule has 6 heteroatoms. The van der Waals surface area contributed by atoms with E-state index in [1.54, 1.807) is 31.3 Å². The molecule has 6 nitrogen and oxygen atoms in total. The molecule has 0 unspecified atom stereocenters. The van der Waals surface area contributed by atoms with E-state index < -0.39 is 0 Å². The lowest BCUT2D eigenvalue weighted by Gasteiger charge is -2.13. The van der Waals surface area contributed by atoms with Crippen LogP contribution in [0.1, 0.15) is 11.1 Å². The summed E-state index contributed by atoms with van der Waals surface area (Å²) in [5.74, 6) is 2.47. The zero-order valence-corrected chi connectivity index (χ0v) is 13.8. The average Bonchev–Trinajstić information content (AvgIpc) is 3.16. The first-order valence-electron chi connectivity index (χ1n) is 7.67. The fourth-order valence-corrected chi connectivity index (χ4v) is 2.52. The summed E-state index contributed by atoms with van der Waals surface area (Å²) in [6.07, 6.45) is 5.40. The van der Waals surface area contributed by atoms with Crippen molar-refractivity contribution in [1.82, 2.24) is 20.1 Å². The Hall–Kier alpha value is -2.86. The van der Waals surface area contributed by atoms with Crippen LogP contribution in [0.15, 0.2) is 55.0 Å². The van der Waals surface area contributed by atoms with Crippen molar-refractivity contribution in [2.75, 3.05) is 14.2 Å². The van der Waals surface area contributed by atoms with E-state index >= 15 is 0 Å². The van der Waals surface area contributed by atoms with Gasteiger partial charge in [-0.05, 0) is 30.3 Å². The van der Waals surface area contributed by atoms with Crippen molar-refractivity contribution in [2.45, 2.75) is 13.1 Å². The Balaban J connectivity index is 1.72. The number of benzene rings is 1. The number of hydrogen-bond acceptors (Lipinski definition) is 5. The van der Waals surface area contributed by atoms with E-state index in [-0.39, 0.29) is 0 Å². The Labute approximate surface area is 141 Å². The van der Waals surface area contributed by atoms with Crippen LogP contribution in [0.4, 0.5) is 0 Å². The summed E-state index contributed by atoms with van der Waals surface area (Å²) in [7, 11) is 3.33. The van der Waals surface area contributed by atoms with E-state index in [4.69, 9.17) is 9.47 Å². The Morgan fingerprint density at radius 2 is 1.88 bits per heavy atom. The maximum absolute atomic E-state index is 5.41. The molecule has 0 spiro atoms. The zero-order valence-electron chi connectivity index (χ0n) is 13.8. The van der Waals surface area contributed by atoms with E-state index in [0.717, 1.165) is 28.4 Å². The minimum absolute atomic E-state index is 0.661. The molecule has 0 atom stereocenters. The Morgan fingerprint density at radius 3 is 2.62 bits per heavy atom. The van der Waals surface area contributed by atoms with Crippen LogP contribution >= 0.6 is 0 Å². The largest absolute Gasteiger partial charge is 0.497 e. The third-order valence-electron chi connectivity index (χ3n) is 3.71. The molecule has 0 aliphatic carbocycles. The van der Waals surface area contributed by atoms with Gasteiger partial charge in [0.05, 0.1) is 14.2 Å². The highest BCUT2D eigenvalue weighted by Crippen LogP contribution is 2.23. The van der Waals surface area contributed by atoms with Gasteiger partial charge < -0.3 is 14.8 Å². The van der Waals surface area contributed by atoms with Gasteiger partial charge in [0.15, 0.2) is 5.82 Å². The van der Waals surface area contributed by atoms with Gasteiger partial charge in [0.25, 0.3) is 0 Å². The molecule has 0 bridgehead atoms. The molecule has 0 aliphatic heterocycles. The van der Waals surface area contributed by atoms with Crippen LogP contribution in [-0.4, -0.2) is 29.0 Å². The van der Waals surface area contributed by atoms with E-state index in [0.29, 0.717) is 13.1 Å². The van der Waals surface area contributed by atoms with E-state index in [2.05, 4.69) is 15.4 Å². The average molecular weight is 324 g/mol. The number of nitrogens with one attached hydrogen (secondary N) is 1. The van der Waals surface area contributed by atoms with Gasteiger partial charge in [0.1, 0.15) is 11.5 Å². The fraction of sp³-hybridized carbons (Fsp3) is 0.222. The molecular formula is C18H20N4O2. The minimum Gasteiger partial charge on any atom is -0.497 e. The highest BCUT2D eigenvalue weighted by atomic mass is 16.5. The number of nitrogens with zero attached hydrogens (tertiary/aromatic N) is 3. The van der Waals surface area contributed by atoms with Gasteiger partial charge in [-0.3, -0.25) is 0 Å². The number of pyridine rings is 1. The number of hydrogen-bond donors (Lipinski definition) is 1. The third-order valence-corrected chi connectivity index (χ3v) is 3.71. The van der Waals surface area contributed by atoms with Crippen LogP contribution in [0, 0.1) is 0 Å². The topological polar surface area (TPSA) is 61.2 Å². The van der Waals surface area contributed by atoms with Gasteiger partial charge in [-0.25, -0.2) is 9.67 Å². The maximum atomic E-state index is 5.41. The fourth-order valence-electron chi connectivity index (χ4n) is 2.52. The van der Waals surface area contributed by atoms with E-state index in [1.165, 1.54) is 0 Å². The lowest BCUT2D eigenvalue weighted by Crippen LogP contribution is -2.16. The SMILES string of the molecule is COc1ccc(OC)c(CNCc2cccnc2-n2cccn2)c1. The molecule has 2 heterocycles. The monoisotopic (exact) mass is 324 g/mol. The molecule has 2 aromatic heterocycles. The quantitative estimate of drug-likeness (QED) is 0.724. The predicted molar refractivity (Wildman–Crippen MR) is 91.4 cm³/mol. The summed E-state index contributed by atoms with van der Waals surface area (Å²) in [6, 6.07) is 11.6. The zero-order chi connectivity index (χ0) is 16.8. The lowest BCUT2D eigenvalue weighted by molar-refractivity contribution is 0.397. The predicted octanol–water partition coefficient (Wildman–Crippen LogP) is 2.57. The first-order chi connectivity index (χ1) is 11.8. The van der Waals surface area contributed by atoms with Crippen LogP contribution in [-0.2, 0) is 13.1 Å². The molecule has 0 saturated heterocycles. The molecule has 0 saturated carbocycles. The molecule has 3 aromatic rings. The summed E-state index contributed by atoms with van der Waals surface area (Å²) in [6.45, 7) is 1.33. The van der Waals surface area contributed by atoms with Gasteiger partial charge in [-0.1, -0.05) is 6.07 Å². The van der Waals surface area contributed by atoms with Gasteiger partial charge in [0.2, 0.25) is 0 Å². The lowest BCUT2D eigenvalue weighted by atomic mass is 10.1. The second kappa shape index (κ2) is 7.61.